The SMILES string of the molecule is O=C1C=C[C@H](Cc2ccccc2)O1. The molecule has 1 aromatic rings. The molecule has 66 valence electrons. The van der Waals surface area contributed by atoms with Gasteiger partial charge in [-0.1, -0.05) is 30.3 Å². The molecule has 1 aliphatic heterocycles. The Morgan fingerprint density at radius 1 is 1.23 bits per heavy atom. The third-order valence-corrected chi connectivity index (χ3v) is 1.99. The monoisotopic (exact) mass is 174 g/mol. The molecular formula is C11H10O2. The van der Waals surface area contributed by atoms with Crippen molar-refractivity contribution >= 4 is 5.97 Å². The standard InChI is InChI=1S/C11H10O2/c12-11-7-6-10(13-11)8-9-4-2-1-3-5-9/h1-7,10H,8H2/t10-/m1/s1. The quantitative estimate of drug-likeness (QED) is 0.638. The number of ether oxygens (including phenoxy) is 1. The average molecular weight is 174 g/mol. The second-order valence-electron chi connectivity index (χ2n) is 3.02. The van der Waals surface area contributed by atoms with Crippen LogP contribution in [-0.2, 0) is 16.0 Å². The molecule has 2 heteroatoms. The van der Waals surface area contributed by atoms with E-state index in [2.05, 4.69) is 0 Å². The first-order valence-corrected chi connectivity index (χ1v) is 4.27. The fourth-order valence-electron chi connectivity index (χ4n) is 1.37. The zero-order chi connectivity index (χ0) is 9.10. The second-order valence-corrected chi connectivity index (χ2v) is 3.02. The first kappa shape index (κ1) is 8.05. The fraction of sp³-hybridized carbons (Fsp3) is 0.182. The summed E-state index contributed by atoms with van der Waals surface area (Å²) < 4.78 is 5.02. The van der Waals surface area contributed by atoms with Crippen molar-refractivity contribution in [3.05, 3.63) is 48.0 Å². The molecule has 1 aliphatic rings. The van der Waals surface area contributed by atoms with E-state index in [1.54, 1.807) is 6.08 Å². The predicted molar refractivity (Wildman–Crippen MR) is 49.2 cm³/mol. The van der Waals surface area contributed by atoms with Crippen LogP contribution in [-0.4, -0.2) is 12.1 Å². The van der Waals surface area contributed by atoms with Crippen molar-refractivity contribution in [2.45, 2.75) is 12.5 Å². The topological polar surface area (TPSA) is 26.3 Å². The smallest absolute Gasteiger partial charge is 0.331 e. The molecule has 0 spiro atoms. The van der Waals surface area contributed by atoms with E-state index in [0.29, 0.717) is 0 Å². The molecule has 1 aromatic carbocycles. The molecule has 0 radical (unpaired) electrons. The maximum absolute atomic E-state index is 10.7. The minimum absolute atomic E-state index is 0.0742. The summed E-state index contributed by atoms with van der Waals surface area (Å²) in [7, 11) is 0. The van der Waals surface area contributed by atoms with Crippen molar-refractivity contribution in [1.29, 1.82) is 0 Å². The lowest BCUT2D eigenvalue weighted by Gasteiger charge is -2.07. The fourth-order valence-corrected chi connectivity index (χ4v) is 1.37. The van der Waals surface area contributed by atoms with Gasteiger partial charge in [-0.3, -0.25) is 0 Å². The maximum Gasteiger partial charge on any atom is 0.331 e. The van der Waals surface area contributed by atoms with E-state index in [9.17, 15) is 4.79 Å². The zero-order valence-corrected chi connectivity index (χ0v) is 7.14. The largest absolute Gasteiger partial charge is 0.455 e. The Labute approximate surface area is 76.8 Å². The lowest BCUT2D eigenvalue weighted by atomic mass is 10.1. The minimum Gasteiger partial charge on any atom is -0.455 e. The van der Waals surface area contributed by atoms with Gasteiger partial charge >= 0.3 is 5.97 Å². The van der Waals surface area contributed by atoms with Crippen LogP contribution in [0.15, 0.2) is 42.5 Å². The molecule has 0 N–H and O–H groups in total. The van der Waals surface area contributed by atoms with E-state index < -0.39 is 0 Å². The molecule has 0 fully saturated rings. The van der Waals surface area contributed by atoms with Crippen molar-refractivity contribution in [3.63, 3.8) is 0 Å². The Morgan fingerprint density at radius 2 is 2.00 bits per heavy atom. The summed E-state index contributed by atoms with van der Waals surface area (Å²) in [6.45, 7) is 0. The molecule has 0 saturated heterocycles. The van der Waals surface area contributed by atoms with Crippen LogP contribution in [0.4, 0.5) is 0 Å². The zero-order valence-electron chi connectivity index (χ0n) is 7.14. The second kappa shape index (κ2) is 3.44. The molecule has 0 amide bonds. The van der Waals surface area contributed by atoms with Crippen LogP contribution in [0.25, 0.3) is 0 Å². The van der Waals surface area contributed by atoms with E-state index in [0.717, 1.165) is 6.42 Å². The first-order chi connectivity index (χ1) is 6.34. The van der Waals surface area contributed by atoms with Crippen LogP contribution in [0.3, 0.4) is 0 Å². The van der Waals surface area contributed by atoms with Crippen LogP contribution in [0, 0.1) is 0 Å². The van der Waals surface area contributed by atoms with Crippen molar-refractivity contribution in [2.24, 2.45) is 0 Å². The van der Waals surface area contributed by atoms with Crippen molar-refractivity contribution < 1.29 is 9.53 Å². The number of benzene rings is 1. The van der Waals surface area contributed by atoms with Crippen LogP contribution in [0.2, 0.25) is 0 Å². The molecule has 1 heterocycles. The van der Waals surface area contributed by atoms with Gasteiger partial charge < -0.3 is 4.74 Å². The van der Waals surface area contributed by atoms with Gasteiger partial charge in [-0.2, -0.15) is 0 Å². The molecule has 0 unspecified atom stereocenters. The minimum atomic E-state index is -0.235. The van der Waals surface area contributed by atoms with Gasteiger partial charge in [-0.15, -0.1) is 0 Å². The maximum atomic E-state index is 10.7. The number of carbonyl (C=O) groups is 1. The van der Waals surface area contributed by atoms with Gasteiger partial charge in [0.25, 0.3) is 0 Å². The van der Waals surface area contributed by atoms with E-state index in [1.807, 2.05) is 30.3 Å². The van der Waals surface area contributed by atoms with E-state index in [-0.39, 0.29) is 12.1 Å². The van der Waals surface area contributed by atoms with Gasteiger partial charge in [0.1, 0.15) is 6.10 Å². The third kappa shape index (κ3) is 1.96. The highest BCUT2D eigenvalue weighted by Crippen LogP contribution is 2.11. The highest BCUT2D eigenvalue weighted by atomic mass is 16.5. The molecule has 1 atom stereocenters. The summed E-state index contributed by atoms with van der Waals surface area (Å²) in [5.41, 5.74) is 1.19. The number of cyclic esters (lactones) is 1. The van der Waals surface area contributed by atoms with E-state index in [1.165, 1.54) is 11.6 Å². The normalized spacial score (nSPS) is 20.3. The Kier molecular flexibility index (Phi) is 2.13. The highest BCUT2D eigenvalue weighted by molar-refractivity contribution is 5.84. The molecule has 0 aliphatic carbocycles. The molecule has 2 nitrogen and oxygen atoms in total. The van der Waals surface area contributed by atoms with Gasteiger partial charge in [0, 0.05) is 12.5 Å². The molecular weight excluding hydrogens is 164 g/mol. The van der Waals surface area contributed by atoms with Crippen molar-refractivity contribution in [1.82, 2.24) is 0 Å². The number of carbonyl (C=O) groups excluding carboxylic acids is 1. The van der Waals surface area contributed by atoms with Gasteiger partial charge in [0.2, 0.25) is 0 Å². The Balaban J connectivity index is 2.00. The van der Waals surface area contributed by atoms with Gasteiger partial charge in [0.15, 0.2) is 0 Å². The molecule has 2 rings (SSSR count). The van der Waals surface area contributed by atoms with Gasteiger partial charge in [0.05, 0.1) is 0 Å². The highest BCUT2D eigenvalue weighted by Gasteiger charge is 2.16. The summed E-state index contributed by atoms with van der Waals surface area (Å²) in [6.07, 6.45) is 3.97. The third-order valence-electron chi connectivity index (χ3n) is 1.99. The lowest BCUT2D eigenvalue weighted by molar-refractivity contribution is -0.138. The summed E-state index contributed by atoms with van der Waals surface area (Å²) in [5, 5.41) is 0. The molecule has 13 heavy (non-hydrogen) atoms. The predicted octanol–water partition coefficient (Wildman–Crippen LogP) is 1.71. The van der Waals surface area contributed by atoms with Crippen molar-refractivity contribution in [2.75, 3.05) is 0 Å². The van der Waals surface area contributed by atoms with Gasteiger partial charge in [-0.05, 0) is 11.6 Å². The Hall–Kier alpha value is -1.57. The lowest BCUT2D eigenvalue weighted by Crippen LogP contribution is -2.10. The van der Waals surface area contributed by atoms with E-state index in [4.69, 9.17) is 4.74 Å². The van der Waals surface area contributed by atoms with Crippen molar-refractivity contribution in [3.8, 4) is 0 Å². The Bertz CT molecular complexity index is 327. The number of esters is 1. The number of hydrogen-bond acceptors (Lipinski definition) is 2. The number of hydrogen-bond donors (Lipinski definition) is 0. The summed E-state index contributed by atoms with van der Waals surface area (Å²) in [4.78, 5) is 10.7. The van der Waals surface area contributed by atoms with Gasteiger partial charge in [-0.25, -0.2) is 4.79 Å². The summed E-state index contributed by atoms with van der Waals surface area (Å²) in [6, 6.07) is 9.99. The van der Waals surface area contributed by atoms with E-state index >= 15 is 0 Å². The molecule has 0 bridgehead atoms. The molecule has 0 saturated carbocycles. The Morgan fingerprint density at radius 3 is 2.62 bits per heavy atom. The van der Waals surface area contributed by atoms with Crippen LogP contribution in [0.1, 0.15) is 5.56 Å². The average Bonchev–Trinajstić information content (AvgIpc) is 2.53. The molecule has 0 aromatic heterocycles. The summed E-state index contributed by atoms with van der Waals surface area (Å²) in [5.74, 6) is -0.235. The first-order valence-electron chi connectivity index (χ1n) is 4.27. The van der Waals surface area contributed by atoms with Crippen LogP contribution >= 0.6 is 0 Å². The van der Waals surface area contributed by atoms with Crippen LogP contribution in [0.5, 0.6) is 0 Å². The summed E-state index contributed by atoms with van der Waals surface area (Å²) >= 11 is 0. The van der Waals surface area contributed by atoms with Crippen LogP contribution < -0.4 is 0 Å². The number of rotatable bonds is 2.